The Hall–Kier alpha value is -2.30. The Bertz CT molecular complexity index is 666. The number of hydrogen-bond acceptors (Lipinski definition) is 3. The van der Waals surface area contributed by atoms with E-state index in [1.165, 1.54) is 13.0 Å². The summed E-state index contributed by atoms with van der Waals surface area (Å²) in [6.07, 6.45) is 4.72. The van der Waals surface area contributed by atoms with Crippen LogP contribution in [-0.2, 0) is 11.2 Å². The van der Waals surface area contributed by atoms with Crippen molar-refractivity contribution in [2.24, 2.45) is 0 Å². The van der Waals surface area contributed by atoms with Gasteiger partial charge >= 0.3 is 0 Å². The van der Waals surface area contributed by atoms with E-state index in [1.807, 2.05) is 6.07 Å². The maximum absolute atomic E-state index is 13.6. The summed E-state index contributed by atoms with van der Waals surface area (Å²) < 4.78 is 19.1. The first-order valence-corrected chi connectivity index (χ1v) is 7.03. The van der Waals surface area contributed by atoms with Gasteiger partial charge in [-0.25, -0.2) is 4.39 Å². The molecule has 3 rings (SSSR count). The topological polar surface area (TPSA) is 54.3 Å². The third-order valence-electron chi connectivity index (χ3n) is 3.67. The third kappa shape index (κ3) is 2.91. The van der Waals surface area contributed by atoms with E-state index in [-0.39, 0.29) is 17.6 Å². The number of fused-ring (bicyclic) bond motifs is 1. The molecule has 21 heavy (non-hydrogen) atoms. The molecule has 0 fully saturated rings. The zero-order chi connectivity index (χ0) is 14.8. The highest BCUT2D eigenvalue weighted by Gasteiger charge is 2.22. The summed E-state index contributed by atoms with van der Waals surface area (Å²) in [5, 5.41) is 5.88. The van der Waals surface area contributed by atoms with Gasteiger partial charge in [0.1, 0.15) is 11.6 Å². The van der Waals surface area contributed by atoms with Crippen molar-refractivity contribution in [3.63, 3.8) is 0 Å². The van der Waals surface area contributed by atoms with Crippen LogP contribution in [0, 0.1) is 5.82 Å². The van der Waals surface area contributed by atoms with Gasteiger partial charge in [-0.3, -0.25) is 4.79 Å². The Balaban J connectivity index is 1.81. The lowest BCUT2D eigenvalue weighted by molar-refractivity contribution is -0.114. The van der Waals surface area contributed by atoms with Gasteiger partial charge < -0.3 is 15.1 Å². The Kier molecular flexibility index (Phi) is 3.64. The number of halogens is 1. The van der Waals surface area contributed by atoms with Gasteiger partial charge in [-0.2, -0.15) is 0 Å². The van der Waals surface area contributed by atoms with E-state index in [2.05, 4.69) is 10.6 Å². The Morgan fingerprint density at radius 2 is 2.24 bits per heavy atom. The van der Waals surface area contributed by atoms with Crippen molar-refractivity contribution < 1.29 is 13.6 Å². The number of anilines is 2. The van der Waals surface area contributed by atoms with Crippen LogP contribution >= 0.6 is 0 Å². The standard InChI is InChI=1S/C16H17FN2O2/c1-10(20)18-15-9-11(5-6-13(15)17)19-14-3-2-4-16-12(14)7-8-21-16/h5-9,14,19H,2-4H2,1H3,(H,18,20). The van der Waals surface area contributed by atoms with Crippen molar-refractivity contribution in [3.05, 3.63) is 47.7 Å². The molecule has 1 heterocycles. The molecule has 1 aliphatic carbocycles. The number of carbonyl (C=O) groups excluding carboxylic acids is 1. The minimum atomic E-state index is -0.441. The molecule has 1 aromatic carbocycles. The van der Waals surface area contributed by atoms with Crippen LogP contribution in [0.4, 0.5) is 15.8 Å². The lowest BCUT2D eigenvalue weighted by Gasteiger charge is -2.24. The largest absolute Gasteiger partial charge is 0.469 e. The van der Waals surface area contributed by atoms with Crippen molar-refractivity contribution in [2.75, 3.05) is 10.6 Å². The van der Waals surface area contributed by atoms with Crippen LogP contribution in [0.25, 0.3) is 0 Å². The van der Waals surface area contributed by atoms with E-state index in [0.29, 0.717) is 0 Å². The minimum Gasteiger partial charge on any atom is -0.469 e. The van der Waals surface area contributed by atoms with Crippen LogP contribution < -0.4 is 10.6 Å². The van der Waals surface area contributed by atoms with Gasteiger partial charge in [-0.05, 0) is 37.1 Å². The van der Waals surface area contributed by atoms with Crippen LogP contribution in [0.5, 0.6) is 0 Å². The number of rotatable bonds is 3. The number of carbonyl (C=O) groups is 1. The fraction of sp³-hybridized carbons (Fsp3) is 0.312. The summed E-state index contributed by atoms with van der Waals surface area (Å²) in [6.45, 7) is 1.36. The monoisotopic (exact) mass is 288 g/mol. The van der Waals surface area contributed by atoms with Crippen molar-refractivity contribution >= 4 is 17.3 Å². The third-order valence-corrected chi connectivity index (χ3v) is 3.67. The number of furan rings is 1. The average molecular weight is 288 g/mol. The number of hydrogen-bond donors (Lipinski definition) is 2. The number of aryl methyl sites for hydroxylation is 1. The molecule has 110 valence electrons. The first kappa shape index (κ1) is 13.7. The van der Waals surface area contributed by atoms with Crippen molar-refractivity contribution in [3.8, 4) is 0 Å². The SMILES string of the molecule is CC(=O)Nc1cc(NC2CCCc3occc32)ccc1F. The van der Waals surface area contributed by atoms with E-state index in [0.717, 1.165) is 36.3 Å². The fourth-order valence-electron chi connectivity index (χ4n) is 2.74. The second-order valence-electron chi connectivity index (χ2n) is 5.26. The Morgan fingerprint density at radius 1 is 1.38 bits per heavy atom. The van der Waals surface area contributed by atoms with Crippen LogP contribution in [0.2, 0.25) is 0 Å². The van der Waals surface area contributed by atoms with E-state index < -0.39 is 5.82 Å². The summed E-state index contributed by atoms with van der Waals surface area (Å²) in [5.41, 5.74) is 2.13. The first-order chi connectivity index (χ1) is 10.1. The molecular weight excluding hydrogens is 271 g/mol. The molecule has 0 saturated carbocycles. The summed E-state index contributed by atoms with van der Waals surface area (Å²) in [4.78, 5) is 11.1. The molecule has 4 nitrogen and oxygen atoms in total. The van der Waals surface area contributed by atoms with Crippen molar-refractivity contribution in [1.29, 1.82) is 0 Å². The zero-order valence-electron chi connectivity index (χ0n) is 11.8. The van der Waals surface area contributed by atoms with E-state index >= 15 is 0 Å². The molecule has 0 saturated heterocycles. The highest BCUT2D eigenvalue weighted by molar-refractivity contribution is 5.89. The van der Waals surface area contributed by atoms with Crippen molar-refractivity contribution in [1.82, 2.24) is 0 Å². The molecule has 1 unspecified atom stereocenters. The molecule has 1 aromatic heterocycles. The van der Waals surface area contributed by atoms with E-state index in [1.54, 1.807) is 18.4 Å². The predicted octanol–water partition coefficient (Wildman–Crippen LogP) is 3.87. The second kappa shape index (κ2) is 5.60. The van der Waals surface area contributed by atoms with E-state index in [9.17, 15) is 9.18 Å². The number of benzene rings is 1. The lowest BCUT2D eigenvalue weighted by Crippen LogP contribution is -2.16. The molecule has 0 aliphatic heterocycles. The smallest absolute Gasteiger partial charge is 0.221 e. The summed E-state index contributed by atoms with van der Waals surface area (Å²) in [6, 6.07) is 6.78. The summed E-state index contributed by atoms with van der Waals surface area (Å²) in [7, 11) is 0. The lowest BCUT2D eigenvalue weighted by atomic mass is 9.93. The Labute approximate surface area is 122 Å². The van der Waals surface area contributed by atoms with Gasteiger partial charge in [-0.1, -0.05) is 0 Å². The molecule has 0 radical (unpaired) electrons. The summed E-state index contributed by atoms with van der Waals surface area (Å²) >= 11 is 0. The molecule has 1 amide bonds. The van der Waals surface area contributed by atoms with E-state index in [4.69, 9.17) is 4.42 Å². The van der Waals surface area contributed by atoms with Crippen LogP contribution in [-0.4, -0.2) is 5.91 Å². The molecule has 1 aliphatic rings. The highest BCUT2D eigenvalue weighted by atomic mass is 19.1. The molecular formula is C16H17FN2O2. The minimum absolute atomic E-state index is 0.156. The highest BCUT2D eigenvalue weighted by Crippen LogP contribution is 2.33. The molecule has 2 N–H and O–H groups in total. The molecule has 0 spiro atoms. The van der Waals surface area contributed by atoms with Gasteiger partial charge in [0.25, 0.3) is 0 Å². The van der Waals surface area contributed by atoms with Crippen LogP contribution in [0.1, 0.15) is 37.1 Å². The van der Waals surface area contributed by atoms with Gasteiger partial charge in [0.15, 0.2) is 0 Å². The maximum Gasteiger partial charge on any atom is 0.221 e. The quantitative estimate of drug-likeness (QED) is 0.901. The molecule has 5 heteroatoms. The van der Waals surface area contributed by atoms with Gasteiger partial charge in [0.2, 0.25) is 5.91 Å². The van der Waals surface area contributed by atoms with Gasteiger partial charge in [0, 0.05) is 24.6 Å². The number of amides is 1. The predicted molar refractivity (Wildman–Crippen MR) is 78.7 cm³/mol. The zero-order valence-corrected chi connectivity index (χ0v) is 11.8. The van der Waals surface area contributed by atoms with Crippen LogP contribution in [0.3, 0.4) is 0 Å². The maximum atomic E-state index is 13.6. The van der Waals surface area contributed by atoms with Crippen molar-refractivity contribution in [2.45, 2.75) is 32.2 Å². The first-order valence-electron chi connectivity index (χ1n) is 7.03. The van der Waals surface area contributed by atoms with Crippen LogP contribution in [0.15, 0.2) is 34.9 Å². The molecule has 0 bridgehead atoms. The van der Waals surface area contributed by atoms with Gasteiger partial charge in [-0.15, -0.1) is 0 Å². The molecule has 1 atom stereocenters. The molecule has 2 aromatic rings. The second-order valence-corrected chi connectivity index (χ2v) is 5.26. The number of nitrogens with one attached hydrogen (secondary N) is 2. The Morgan fingerprint density at radius 3 is 3.05 bits per heavy atom. The van der Waals surface area contributed by atoms with Gasteiger partial charge in [0.05, 0.1) is 18.0 Å². The summed E-state index contributed by atoms with van der Waals surface area (Å²) in [5.74, 6) is 0.284. The normalized spacial score (nSPS) is 17.1. The fourth-order valence-corrected chi connectivity index (χ4v) is 2.74. The average Bonchev–Trinajstić information content (AvgIpc) is 2.91.